The van der Waals surface area contributed by atoms with Crippen LogP contribution in [0.2, 0.25) is 0 Å². The van der Waals surface area contributed by atoms with Crippen LogP contribution in [0.3, 0.4) is 0 Å². The first-order valence-electron chi connectivity index (χ1n) is 6.65. The third kappa shape index (κ3) is 2.98. The van der Waals surface area contributed by atoms with E-state index in [9.17, 15) is 0 Å². The van der Waals surface area contributed by atoms with E-state index < -0.39 is 0 Å². The minimum absolute atomic E-state index is 0. The van der Waals surface area contributed by atoms with E-state index in [-0.39, 0.29) is 12.4 Å². The number of benzene rings is 1. The molecule has 3 rings (SSSR count). The highest BCUT2D eigenvalue weighted by atomic mass is 35.5. The molecule has 1 aromatic carbocycles. The molecule has 1 atom stereocenters. The molecule has 0 saturated carbocycles. The van der Waals surface area contributed by atoms with Crippen molar-refractivity contribution >= 4 is 12.4 Å². The summed E-state index contributed by atoms with van der Waals surface area (Å²) in [7, 11) is 0. The Balaban J connectivity index is 0.00000147. The maximum absolute atomic E-state index is 5.80. The van der Waals surface area contributed by atoms with E-state index >= 15 is 0 Å². The van der Waals surface area contributed by atoms with Gasteiger partial charge in [0.2, 0.25) is 0 Å². The van der Waals surface area contributed by atoms with Crippen molar-refractivity contribution in [3.05, 3.63) is 36.2 Å². The Morgan fingerprint density at radius 1 is 1.25 bits per heavy atom. The molecule has 0 spiro atoms. The molecule has 2 aromatic rings. The van der Waals surface area contributed by atoms with Crippen LogP contribution in [0.15, 0.2) is 30.3 Å². The van der Waals surface area contributed by atoms with Gasteiger partial charge < -0.3 is 5.73 Å². The molecule has 1 unspecified atom stereocenters. The van der Waals surface area contributed by atoms with Crippen LogP contribution >= 0.6 is 12.4 Å². The standard InChI is InChI=1S/C13H18N6.ClH/c14-9-12-7-4-8-18(12)10-13-15-16-17-19(13)11-5-2-1-3-6-11;/h1-3,5-6,12H,4,7-10,14H2;1H. The van der Waals surface area contributed by atoms with Crippen molar-refractivity contribution in [1.29, 1.82) is 0 Å². The first-order chi connectivity index (χ1) is 9.38. The van der Waals surface area contributed by atoms with Crippen LogP contribution in [0.1, 0.15) is 18.7 Å². The van der Waals surface area contributed by atoms with Crippen molar-refractivity contribution < 1.29 is 0 Å². The van der Waals surface area contributed by atoms with Crippen molar-refractivity contribution in [1.82, 2.24) is 25.1 Å². The van der Waals surface area contributed by atoms with Crippen LogP contribution in [0.5, 0.6) is 0 Å². The second-order valence-electron chi connectivity index (χ2n) is 4.84. The van der Waals surface area contributed by atoms with Crippen LogP contribution in [-0.2, 0) is 6.54 Å². The highest BCUT2D eigenvalue weighted by Gasteiger charge is 2.25. The number of para-hydroxylation sites is 1. The van der Waals surface area contributed by atoms with E-state index in [0.29, 0.717) is 12.6 Å². The number of nitrogens with two attached hydrogens (primary N) is 1. The van der Waals surface area contributed by atoms with Gasteiger partial charge in [0.05, 0.1) is 12.2 Å². The number of rotatable bonds is 4. The van der Waals surface area contributed by atoms with Gasteiger partial charge in [0.1, 0.15) is 0 Å². The molecule has 0 radical (unpaired) electrons. The Morgan fingerprint density at radius 3 is 2.80 bits per heavy atom. The smallest absolute Gasteiger partial charge is 0.170 e. The third-order valence-electron chi connectivity index (χ3n) is 3.65. The first-order valence-corrected chi connectivity index (χ1v) is 6.65. The lowest BCUT2D eigenvalue weighted by Gasteiger charge is -2.22. The summed E-state index contributed by atoms with van der Waals surface area (Å²) in [5.41, 5.74) is 6.79. The Labute approximate surface area is 124 Å². The minimum Gasteiger partial charge on any atom is -0.329 e. The number of halogens is 1. The van der Waals surface area contributed by atoms with Crippen molar-refractivity contribution in [3.63, 3.8) is 0 Å². The summed E-state index contributed by atoms with van der Waals surface area (Å²) in [4.78, 5) is 2.37. The highest BCUT2D eigenvalue weighted by molar-refractivity contribution is 5.85. The van der Waals surface area contributed by atoms with Crippen molar-refractivity contribution in [2.24, 2.45) is 5.73 Å². The Kier molecular flexibility index (Phi) is 5.05. The largest absolute Gasteiger partial charge is 0.329 e. The van der Waals surface area contributed by atoms with Gasteiger partial charge in [-0.1, -0.05) is 18.2 Å². The predicted molar refractivity (Wildman–Crippen MR) is 78.9 cm³/mol. The average Bonchev–Trinajstić information content (AvgIpc) is 3.09. The lowest BCUT2D eigenvalue weighted by Crippen LogP contribution is -2.35. The number of hydrogen-bond acceptors (Lipinski definition) is 5. The topological polar surface area (TPSA) is 72.9 Å². The van der Waals surface area contributed by atoms with Crippen LogP contribution in [0, 0.1) is 0 Å². The number of tetrazole rings is 1. The summed E-state index contributed by atoms with van der Waals surface area (Å²) in [5.74, 6) is 0.867. The monoisotopic (exact) mass is 294 g/mol. The average molecular weight is 295 g/mol. The molecule has 1 saturated heterocycles. The molecular weight excluding hydrogens is 276 g/mol. The Morgan fingerprint density at radius 2 is 2.05 bits per heavy atom. The van der Waals surface area contributed by atoms with E-state index in [4.69, 9.17) is 5.73 Å². The summed E-state index contributed by atoms with van der Waals surface area (Å²) in [5, 5.41) is 12.0. The van der Waals surface area contributed by atoms with Gasteiger partial charge in [-0.05, 0) is 41.9 Å². The van der Waals surface area contributed by atoms with Crippen molar-refractivity contribution in [2.45, 2.75) is 25.4 Å². The van der Waals surface area contributed by atoms with Gasteiger partial charge in [-0.15, -0.1) is 17.5 Å². The van der Waals surface area contributed by atoms with Crippen molar-refractivity contribution in [2.75, 3.05) is 13.1 Å². The van der Waals surface area contributed by atoms with Gasteiger partial charge in [-0.2, -0.15) is 4.68 Å². The normalized spacial score (nSPS) is 18.9. The number of nitrogens with zero attached hydrogens (tertiary/aromatic N) is 5. The first kappa shape index (κ1) is 14.9. The van der Waals surface area contributed by atoms with Gasteiger partial charge in [0.15, 0.2) is 5.82 Å². The molecule has 1 aliphatic heterocycles. The minimum atomic E-state index is 0. The maximum atomic E-state index is 5.80. The summed E-state index contributed by atoms with van der Waals surface area (Å²) >= 11 is 0. The fraction of sp³-hybridized carbons (Fsp3) is 0.462. The molecule has 1 aliphatic rings. The van der Waals surface area contributed by atoms with Gasteiger partial charge in [-0.25, -0.2) is 0 Å². The lowest BCUT2D eigenvalue weighted by atomic mass is 10.2. The summed E-state index contributed by atoms with van der Waals surface area (Å²) < 4.78 is 1.80. The molecule has 2 N–H and O–H groups in total. The Hall–Kier alpha value is -1.50. The quantitative estimate of drug-likeness (QED) is 0.911. The molecule has 0 amide bonds. The molecule has 0 aliphatic carbocycles. The summed E-state index contributed by atoms with van der Waals surface area (Å²) in [6.07, 6.45) is 2.37. The van der Waals surface area contributed by atoms with Crippen LogP contribution in [-0.4, -0.2) is 44.2 Å². The molecular formula is C13H19ClN6. The fourth-order valence-electron chi connectivity index (χ4n) is 2.63. The Bertz CT molecular complexity index is 529. The molecule has 1 aromatic heterocycles. The molecule has 1 fully saturated rings. The lowest BCUT2D eigenvalue weighted by molar-refractivity contribution is 0.242. The zero-order chi connectivity index (χ0) is 13.1. The fourth-order valence-corrected chi connectivity index (χ4v) is 2.63. The van der Waals surface area contributed by atoms with Crippen LogP contribution in [0.4, 0.5) is 0 Å². The molecule has 108 valence electrons. The molecule has 2 heterocycles. The van der Waals surface area contributed by atoms with Crippen LogP contribution < -0.4 is 5.73 Å². The molecule has 7 heteroatoms. The maximum Gasteiger partial charge on any atom is 0.170 e. The molecule has 0 bridgehead atoms. The summed E-state index contributed by atoms with van der Waals surface area (Å²) in [6.45, 7) is 2.53. The van der Waals surface area contributed by atoms with E-state index in [1.54, 1.807) is 4.68 Å². The van der Waals surface area contributed by atoms with Gasteiger partial charge in [-0.3, -0.25) is 4.90 Å². The number of aromatic nitrogens is 4. The second kappa shape index (κ2) is 6.78. The predicted octanol–water partition coefficient (Wildman–Crippen LogP) is 1.01. The molecule has 6 nitrogen and oxygen atoms in total. The van der Waals surface area contributed by atoms with Gasteiger partial charge >= 0.3 is 0 Å². The van der Waals surface area contributed by atoms with E-state index in [2.05, 4.69) is 20.4 Å². The van der Waals surface area contributed by atoms with E-state index in [1.165, 1.54) is 12.8 Å². The number of hydrogen-bond donors (Lipinski definition) is 1. The number of likely N-dealkylation sites (tertiary alicyclic amines) is 1. The van der Waals surface area contributed by atoms with Gasteiger partial charge in [0.25, 0.3) is 0 Å². The van der Waals surface area contributed by atoms with Crippen molar-refractivity contribution in [3.8, 4) is 5.69 Å². The van der Waals surface area contributed by atoms with Crippen LogP contribution in [0.25, 0.3) is 5.69 Å². The highest BCUT2D eigenvalue weighted by Crippen LogP contribution is 2.19. The zero-order valence-electron chi connectivity index (χ0n) is 11.2. The second-order valence-corrected chi connectivity index (χ2v) is 4.84. The van der Waals surface area contributed by atoms with Gasteiger partial charge in [0, 0.05) is 12.6 Å². The van der Waals surface area contributed by atoms with E-state index in [0.717, 1.165) is 24.6 Å². The summed E-state index contributed by atoms with van der Waals surface area (Å²) in [6, 6.07) is 10.4. The zero-order valence-corrected chi connectivity index (χ0v) is 12.0. The van der Waals surface area contributed by atoms with E-state index in [1.807, 2.05) is 30.3 Å². The molecule has 20 heavy (non-hydrogen) atoms. The SMILES string of the molecule is Cl.NCC1CCCN1Cc1nnnn1-c1ccccc1. The third-order valence-corrected chi connectivity index (χ3v) is 3.65.